The predicted molar refractivity (Wildman–Crippen MR) is 117 cm³/mol. The van der Waals surface area contributed by atoms with E-state index in [0.717, 1.165) is 33.6 Å². The highest BCUT2D eigenvalue weighted by atomic mass is 79.9. The molecule has 3 heterocycles. The Kier molecular flexibility index (Phi) is 6.05. The van der Waals surface area contributed by atoms with Gasteiger partial charge in [0.2, 0.25) is 5.91 Å². The number of anilines is 1. The van der Waals surface area contributed by atoms with E-state index in [9.17, 15) is 9.59 Å². The number of piperazine rings is 1. The van der Waals surface area contributed by atoms with Crippen LogP contribution in [0.15, 0.2) is 46.5 Å². The summed E-state index contributed by atoms with van der Waals surface area (Å²) in [6.07, 6.45) is 1.89. The number of hydrogen-bond acceptors (Lipinski definition) is 6. The Morgan fingerprint density at radius 2 is 1.83 bits per heavy atom. The number of nitrogens with zero attached hydrogens (tertiary/aromatic N) is 4. The first kappa shape index (κ1) is 19.8. The molecular weight excluding hydrogens is 454 g/mol. The van der Waals surface area contributed by atoms with Crippen molar-refractivity contribution in [1.82, 2.24) is 20.2 Å². The number of carbonyl (C=O) groups excluding carboxylic acids is 2. The lowest BCUT2D eigenvalue weighted by Gasteiger charge is -2.35. The second-order valence-corrected chi connectivity index (χ2v) is 8.53. The van der Waals surface area contributed by atoms with Crippen molar-refractivity contribution in [3.63, 3.8) is 0 Å². The van der Waals surface area contributed by atoms with E-state index >= 15 is 0 Å². The number of amides is 2. The minimum absolute atomic E-state index is 0.0594. The van der Waals surface area contributed by atoms with Gasteiger partial charge in [-0.15, -0.1) is 11.3 Å². The third-order valence-corrected chi connectivity index (χ3v) is 6.25. The normalized spacial score (nSPS) is 14.2. The van der Waals surface area contributed by atoms with Crippen LogP contribution in [-0.2, 0) is 4.79 Å². The highest BCUT2D eigenvalue weighted by molar-refractivity contribution is 9.10. The maximum Gasteiger partial charge on any atom is 0.251 e. The number of benzene rings is 1. The van der Waals surface area contributed by atoms with Crippen LogP contribution in [0.1, 0.15) is 16.8 Å². The van der Waals surface area contributed by atoms with Crippen LogP contribution in [0, 0.1) is 0 Å². The number of carbonyl (C=O) groups is 2. The molecule has 1 fully saturated rings. The SMILES string of the molecule is O=C(NCCC(=O)N1CCN(c2ncnc3sccc23)CC1)c1ccc(Br)cc1. The Balaban J connectivity index is 1.25. The summed E-state index contributed by atoms with van der Waals surface area (Å²) >= 11 is 4.95. The van der Waals surface area contributed by atoms with E-state index in [0.29, 0.717) is 31.6 Å². The number of aromatic nitrogens is 2. The van der Waals surface area contributed by atoms with Crippen molar-refractivity contribution >= 4 is 55.1 Å². The standard InChI is InChI=1S/C20H20BrN5O2S/c21-15-3-1-14(2-4-15)19(28)22-7-5-17(27)25-8-10-26(11-9-25)18-16-6-12-29-20(16)24-13-23-18/h1-4,6,12-13H,5,7-11H2,(H,22,28). The van der Waals surface area contributed by atoms with Gasteiger partial charge in [-0.05, 0) is 35.7 Å². The molecule has 0 atom stereocenters. The van der Waals surface area contributed by atoms with Crippen molar-refractivity contribution < 1.29 is 9.59 Å². The van der Waals surface area contributed by atoms with Crippen molar-refractivity contribution in [3.8, 4) is 0 Å². The van der Waals surface area contributed by atoms with Crippen LogP contribution in [0.25, 0.3) is 10.2 Å². The molecule has 0 bridgehead atoms. The van der Waals surface area contributed by atoms with Gasteiger partial charge in [-0.3, -0.25) is 9.59 Å². The molecule has 1 N–H and O–H groups in total. The van der Waals surface area contributed by atoms with E-state index in [2.05, 4.69) is 36.1 Å². The molecule has 0 saturated carbocycles. The van der Waals surface area contributed by atoms with Crippen LogP contribution in [0.4, 0.5) is 5.82 Å². The maximum absolute atomic E-state index is 12.5. The first-order valence-corrected chi connectivity index (χ1v) is 11.0. The predicted octanol–water partition coefficient (Wildman–Crippen LogP) is 2.92. The van der Waals surface area contributed by atoms with E-state index in [-0.39, 0.29) is 11.8 Å². The van der Waals surface area contributed by atoms with Gasteiger partial charge in [-0.1, -0.05) is 15.9 Å². The monoisotopic (exact) mass is 473 g/mol. The molecular formula is C20H20BrN5O2S. The second kappa shape index (κ2) is 8.87. The Morgan fingerprint density at radius 3 is 2.59 bits per heavy atom. The molecule has 0 aliphatic carbocycles. The van der Waals surface area contributed by atoms with Gasteiger partial charge >= 0.3 is 0 Å². The third kappa shape index (κ3) is 4.56. The van der Waals surface area contributed by atoms with E-state index in [1.165, 1.54) is 0 Å². The van der Waals surface area contributed by atoms with Gasteiger partial charge in [0.1, 0.15) is 17.0 Å². The molecule has 9 heteroatoms. The summed E-state index contributed by atoms with van der Waals surface area (Å²) in [4.78, 5) is 38.4. The van der Waals surface area contributed by atoms with Crippen molar-refractivity contribution in [2.75, 3.05) is 37.6 Å². The Hall–Kier alpha value is -2.52. The van der Waals surface area contributed by atoms with Gasteiger partial charge in [0, 0.05) is 49.2 Å². The van der Waals surface area contributed by atoms with E-state index in [1.807, 2.05) is 28.5 Å². The summed E-state index contributed by atoms with van der Waals surface area (Å²) in [7, 11) is 0. The molecule has 2 amide bonds. The molecule has 1 aliphatic rings. The fourth-order valence-corrected chi connectivity index (χ4v) is 4.33. The fourth-order valence-electron chi connectivity index (χ4n) is 3.34. The van der Waals surface area contributed by atoms with Crippen molar-refractivity contribution in [1.29, 1.82) is 0 Å². The van der Waals surface area contributed by atoms with Crippen LogP contribution in [0.5, 0.6) is 0 Å². The summed E-state index contributed by atoms with van der Waals surface area (Å²) in [5, 5.41) is 5.89. The number of thiophene rings is 1. The summed E-state index contributed by atoms with van der Waals surface area (Å²) in [5.74, 6) is 0.827. The molecule has 3 aromatic rings. The summed E-state index contributed by atoms with van der Waals surface area (Å²) in [5.41, 5.74) is 0.582. The van der Waals surface area contributed by atoms with Crippen LogP contribution in [-0.4, -0.2) is 59.4 Å². The molecule has 0 radical (unpaired) electrons. The first-order chi connectivity index (χ1) is 14.1. The first-order valence-electron chi connectivity index (χ1n) is 9.36. The lowest BCUT2D eigenvalue weighted by Crippen LogP contribution is -2.49. The Morgan fingerprint density at radius 1 is 1.07 bits per heavy atom. The minimum atomic E-state index is -0.168. The van der Waals surface area contributed by atoms with E-state index < -0.39 is 0 Å². The number of halogens is 1. The number of hydrogen-bond donors (Lipinski definition) is 1. The van der Waals surface area contributed by atoms with Gasteiger partial charge in [0.15, 0.2) is 0 Å². The van der Waals surface area contributed by atoms with Crippen molar-refractivity contribution in [2.24, 2.45) is 0 Å². The van der Waals surface area contributed by atoms with Crippen LogP contribution in [0.2, 0.25) is 0 Å². The molecule has 1 saturated heterocycles. The van der Waals surface area contributed by atoms with Gasteiger partial charge in [0.05, 0.1) is 5.39 Å². The quantitative estimate of drug-likeness (QED) is 0.616. The van der Waals surface area contributed by atoms with Gasteiger partial charge in [0.25, 0.3) is 5.91 Å². The molecule has 0 spiro atoms. The fraction of sp³-hybridized carbons (Fsp3) is 0.300. The molecule has 0 unspecified atom stereocenters. The number of fused-ring (bicyclic) bond motifs is 1. The molecule has 1 aromatic carbocycles. The summed E-state index contributed by atoms with van der Waals surface area (Å²) in [6.45, 7) is 3.09. The Bertz CT molecular complexity index is 1020. The summed E-state index contributed by atoms with van der Waals surface area (Å²) in [6, 6.07) is 9.18. The lowest BCUT2D eigenvalue weighted by molar-refractivity contribution is -0.131. The second-order valence-electron chi connectivity index (χ2n) is 6.72. The van der Waals surface area contributed by atoms with E-state index in [1.54, 1.807) is 29.8 Å². The van der Waals surface area contributed by atoms with Gasteiger partial charge in [-0.2, -0.15) is 0 Å². The van der Waals surface area contributed by atoms with E-state index in [4.69, 9.17) is 0 Å². The lowest BCUT2D eigenvalue weighted by atomic mass is 10.2. The molecule has 29 heavy (non-hydrogen) atoms. The Labute approximate surface area is 180 Å². The maximum atomic E-state index is 12.5. The van der Waals surface area contributed by atoms with Gasteiger partial charge < -0.3 is 15.1 Å². The molecule has 150 valence electrons. The molecule has 2 aromatic heterocycles. The minimum Gasteiger partial charge on any atom is -0.352 e. The van der Waals surface area contributed by atoms with Crippen molar-refractivity contribution in [3.05, 3.63) is 52.1 Å². The van der Waals surface area contributed by atoms with Crippen molar-refractivity contribution in [2.45, 2.75) is 6.42 Å². The van der Waals surface area contributed by atoms with Crippen LogP contribution < -0.4 is 10.2 Å². The van der Waals surface area contributed by atoms with Crippen LogP contribution in [0.3, 0.4) is 0 Å². The summed E-state index contributed by atoms with van der Waals surface area (Å²) < 4.78 is 0.921. The highest BCUT2D eigenvalue weighted by Crippen LogP contribution is 2.27. The zero-order valence-electron chi connectivity index (χ0n) is 15.7. The molecule has 1 aliphatic heterocycles. The van der Waals surface area contributed by atoms with Crippen LogP contribution >= 0.6 is 27.3 Å². The smallest absolute Gasteiger partial charge is 0.251 e. The average molecular weight is 474 g/mol. The zero-order valence-corrected chi connectivity index (χ0v) is 18.1. The number of rotatable bonds is 5. The average Bonchev–Trinajstić information content (AvgIpc) is 3.23. The number of nitrogens with one attached hydrogen (secondary N) is 1. The highest BCUT2D eigenvalue weighted by Gasteiger charge is 2.23. The topological polar surface area (TPSA) is 78.4 Å². The molecule has 4 rings (SSSR count). The largest absolute Gasteiger partial charge is 0.352 e. The zero-order chi connectivity index (χ0) is 20.2. The third-order valence-electron chi connectivity index (χ3n) is 4.90. The molecule has 7 nitrogen and oxygen atoms in total. The van der Waals surface area contributed by atoms with Gasteiger partial charge in [-0.25, -0.2) is 9.97 Å².